The second kappa shape index (κ2) is 9.61. The van der Waals surface area contributed by atoms with Crippen molar-refractivity contribution in [2.24, 2.45) is 0 Å². The summed E-state index contributed by atoms with van der Waals surface area (Å²) in [6.45, 7) is 7.39. The molecule has 146 valence electrons. The van der Waals surface area contributed by atoms with E-state index >= 15 is 0 Å². The second-order valence-corrected chi connectivity index (χ2v) is 7.22. The number of pyridine rings is 1. The Morgan fingerprint density at radius 1 is 1.24 bits per heavy atom. The van der Waals surface area contributed by atoms with Crippen LogP contribution in [0.1, 0.15) is 12.5 Å². The number of carbonyl (C=O) groups is 1. The molecular formula is C23H22N4OS. The third kappa shape index (κ3) is 5.49. The summed E-state index contributed by atoms with van der Waals surface area (Å²) in [5, 5.41) is 9.04. The van der Waals surface area contributed by atoms with Gasteiger partial charge in [0.15, 0.2) is 5.13 Å². The number of hydrogen-bond acceptors (Lipinski definition) is 5. The maximum absolute atomic E-state index is 12.3. The summed E-state index contributed by atoms with van der Waals surface area (Å²) >= 11 is 1.52. The number of amides is 1. The molecule has 0 bridgehead atoms. The first-order valence-electron chi connectivity index (χ1n) is 9.08. The fourth-order valence-electron chi connectivity index (χ4n) is 2.51. The SMILES string of the molecule is C=C/C=C\C=C(/C)C(=O)Nc1ccc(C)c(Nc2nc(-c3cccnc3)cs2)c1. The number of anilines is 3. The van der Waals surface area contributed by atoms with Crippen LogP contribution in [0, 0.1) is 6.92 Å². The molecule has 0 aliphatic heterocycles. The van der Waals surface area contributed by atoms with E-state index in [1.807, 2.05) is 42.6 Å². The normalized spacial score (nSPS) is 11.4. The molecule has 5 nitrogen and oxygen atoms in total. The fraction of sp³-hybridized carbons (Fsp3) is 0.0870. The molecule has 0 aliphatic rings. The van der Waals surface area contributed by atoms with Gasteiger partial charge in [-0.05, 0) is 43.7 Å². The largest absolute Gasteiger partial charge is 0.331 e. The van der Waals surface area contributed by atoms with Gasteiger partial charge in [-0.1, -0.05) is 36.9 Å². The van der Waals surface area contributed by atoms with Gasteiger partial charge in [0.1, 0.15) is 0 Å². The molecule has 6 heteroatoms. The van der Waals surface area contributed by atoms with Crippen LogP contribution in [0.2, 0.25) is 0 Å². The van der Waals surface area contributed by atoms with Crippen LogP contribution in [0.25, 0.3) is 11.3 Å². The van der Waals surface area contributed by atoms with Crippen LogP contribution >= 0.6 is 11.3 Å². The number of hydrogen-bond donors (Lipinski definition) is 2. The maximum Gasteiger partial charge on any atom is 0.251 e. The first kappa shape index (κ1) is 20.2. The van der Waals surface area contributed by atoms with Crippen LogP contribution < -0.4 is 10.6 Å². The van der Waals surface area contributed by atoms with Crippen molar-refractivity contribution in [2.45, 2.75) is 13.8 Å². The molecule has 0 aliphatic carbocycles. The van der Waals surface area contributed by atoms with Gasteiger partial charge in [-0.2, -0.15) is 0 Å². The molecule has 0 saturated carbocycles. The number of nitrogens with zero attached hydrogens (tertiary/aromatic N) is 2. The van der Waals surface area contributed by atoms with Crippen LogP contribution in [0.3, 0.4) is 0 Å². The monoisotopic (exact) mass is 402 g/mol. The molecule has 0 atom stereocenters. The Hall–Kier alpha value is -3.51. The number of aryl methyl sites for hydroxylation is 1. The van der Waals surface area contributed by atoms with E-state index in [0.29, 0.717) is 11.3 Å². The maximum atomic E-state index is 12.3. The number of nitrogens with one attached hydrogen (secondary N) is 2. The quantitative estimate of drug-likeness (QED) is 0.382. The van der Waals surface area contributed by atoms with Crippen molar-refractivity contribution in [3.63, 3.8) is 0 Å². The number of carbonyl (C=O) groups excluding carboxylic acids is 1. The van der Waals surface area contributed by atoms with Crippen molar-refractivity contribution in [1.82, 2.24) is 9.97 Å². The van der Waals surface area contributed by atoms with E-state index in [9.17, 15) is 4.79 Å². The lowest BCUT2D eigenvalue weighted by atomic mass is 10.1. The lowest BCUT2D eigenvalue weighted by molar-refractivity contribution is -0.112. The highest BCUT2D eigenvalue weighted by molar-refractivity contribution is 7.14. The summed E-state index contributed by atoms with van der Waals surface area (Å²) in [7, 11) is 0. The number of benzene rings is 1. The smallest absolute Gasteiger partial charge is 0.251 e. The molecule has 29 heavy (non-hydrogen) atoms. The molecule has 2 heterocycles. The molecule has 0 saturated heterocycles. The summed E-state index contributed by atoms with van der Waals surface area (Å²) in [5.41, 5.74) is 5.13. The fourth-order valence-corrected chi connectivity index (χ4v) is 3.24. The zero-order valence-electron chi connectivity index (χ0n) is 16.3. The Labute approximate surface area is 174 Å². The van der Waals surface area contributed by atoms with Gasteiger partial charge in [0.25, 0.3) is 5.91 Å². The van der Waals surface area contributed by atoms with Gasteiger partial charge in [0.05, 0.1) is 5.69 Å². The Bertz CT molecular complexity index is 1070. The minimum atomic E-state index is -0.151. The highest BCUT2D eigenvalue weighted by Gasteiger charge is 2.09. The zero-order valence-corrected chi connectivity index (χ0v) is 17.2. The van der Waals surface area contributed by atoms with Gasteiger partial charge in [-0.15, -0.1) is 11.3 Å². The molecule has 2 N–H and O–H groups in total. The van der Waals surface area contributed by atoms with E-state index in [-0.39, 0.29) is 5.91 Å². The number of allylic oxidation sites excluding steroid dienone is 4. The van der Waals surface area contributed by atoms with Crippen LogP contribution in [-0.2, 0) is 4.79 Å². The summed E-state index contributed by atoms with van der Waals surface area (Å²) in [6, 6.07) is 9.62. The van der Waals surface area contributed by atoms with Crippen LogP contribution in [0.15, 0.2) is 84.6 Å². The molecule has 0 fully saturated rings. The highest BCUT2D eigenvalue weighted by Crippen LogP contribution is 2.29. The van der Waals surface area contributed by atoms with Gasteiger partial charge in [0.2, 0.25) is 0 Å². The molecule has 1 amide bonds. The zero-order chi connectivity index (χ0) is 20.6. The van der Waals surface area contributed by atoms with Crippen molar-refractivity contribution in [2.75, 3.05) is 10.6 Å². The Balaban J connectivity index is 1.74. The van der Waals surface area contributed by atoms with E-state index in [2.05, 4.69) is 27.2 Å². The third-order valence-corrected chi connectivity index (χ3v) is 4.91. The van der Waals surface area contributed by atoms with Crippen molar-refractivity contribution in [1.29, 1.82) is 0 Å². The molecule has 2 aromatic heterocycles. The standard InChI is InChI=1S/C23H22N4OS/c1-4-5-6-8-17(3)22(28)25-19-11-10-16(2)20(13-19)26-23-27-21(15-29-23)18-9-7-12-24-14-18/h4-15H,1H2,2-3H3,(H,25,28)(H,26,27)/b6-5-,17-8+. The van der Waals surface area contributed by atoms with Crippen LogP contribution in [0.4, 0.5) is 16.5 Å². The average molecular weight is 403 g/mol. The Kier molecular flexibility index (Phi) is 6.71. The van der Waals surface area contributed by atoms with Crippen LogP contribution in [0.5, 0.6) is 0 Å². The predicted molar refractivity (Wildman–Crippen MR) is 122 cm³/mol. The van der Waals surface area contributed by atoms with Crippen molar-refractivity contribution >= 4 is 33.8 Å². The number of thiazole rings is 1. The minimum Gasteiger partial charge on any atom is -0.331 e. The summed E-state index contributed by atoms with van der Waals surface area (Å²) in [5.74, 6) is -0.151. The Morgan fingerprint density at radius 2 is 2.10 bits per heavy atom. The number of aromatic nitrogens is 2. The first-order chi connectivity index (χ1) is 14.1. The van der Waals surface area contributed by atoms with Gasteiger partial charge in [0, 0.05) is 40.3 Å². The van der Waals surface area contributed by atoms with Gasteiger partial charge in [-0.25, -0.2) is 4.98 Å². The van der Waals surface area contributed by atoms with E-state index in [4.69, 9.17) is 0 Å². The third-order valence-electron chi connectivity index (χ3n) is 4.15. The van der Waals surface area contributed by atoms with Crippen molar-refractivity contribution in [3.05, 3.63) is 90.1 Å². The number of rotatable bonds is 7. The van der Waals surface area contributed by atoms with E-state index in [1.54, 1.807) is 43.6 Å². The molecular weight excluding hydrogens is 380 g/mol. The van der Waals surface area contributed by atoms with E-state index < -0.39 is 0 Å². The highest BCUT2D eigenvalue weighted by atomic mass is 32.1. The molecule has 3 rings (SSSR count). The minimum absolute atomic E-state index is 0.151. The van der Waals surface area contributed by atoms with Crippen LogP contribution in [-0.4, -0.2) is 15.9 Å². The molecule has 0 unspecified atom stereocenters. The molecule has 0 radical (unpaired) electrons. The lowest BCUT2D eigenvalue weighted by Gasteiger charge is -2.11. The topological polar surface area (TPSA) is 66.9 Å². The first-order valence-corrected chi connectivity index (χ1v) is 9.95. The van der Waals surface area contributed by atoms with Crippen molar-refractivity contribution in [3.8, 4) is 11.3 Å². The lowest BCUT2D eigenvalue weighted by Crippen LogP contribution is -2.12. The summed E-state index contributed by atoms with van der Waals surface area (Å²) in [6.07, 6.45) is 10.5. The summed E-state index contributed by atoms with van der Waals surface area (Å²) < 4.78 is 0. The molecule has 0 spiro atoms. The van der Waals surface area contributed by atoms with Gasteiger partial charge >= 0.3 is 0 Å². The second-order valence-electron chi connectivity index (χ2n) is 6.36. The molecule has 3 aromatic rings. The molecule has 1 aromatic carbocycles. The average Bonchev–Trinajstić information content (AvgIpc) is 3.20. The predicted octanol–water partition coefficient (Wildman–Crippen LogP) is 5.88. The van der Waals surface area contributed by atoms with E-state index in [1.165, 1.54) is 11.3 Å². The summed E-state index contributed by atoms with van der Waals surface area (Å²) in [4.78, 5) is 21.1. The van der Waals surface area contributed by atoms with Gasteiger partial charge < -0.3 is 10.6 Å². The Morgan fingerprint density at radius 3 is 2.86 bits per heavy atom. The van der Waals surface area contributed by atoms with E-state index in [0.717, 1.165) is 27.6 Å². The van der Waals surface area contributed by atoms with Crippen molar-refractivity contribution < 1.29 is 4.79 Å². The van der Waals surface area contributed by atoms with Gasteiger partial charge in [-0.3, -0.25) is 9.78 Å².